The Kier molecular flexibility index (Phi) is 2.40. The van der Waals surface area contributed by atoms with Crippen molar-refractivity contribution in [1.82, 2.24) is 0 Å². The largest absolute Gasteiger partial charge is 0.385 e. The molecular weight excluding hydrogens is 247 g/mol. The van der Waals surface area contributed by atoms with Crippen molar-refractivity contribution in [3.05, 3.63) is 34.1 Å². The highest BCUT2D eigenvalue weighted by molar-refractivity contribution is 9.10. The van der Waals surface area contributed by atoms with Gasteiger partial charge in [0.2, 0.25) is 0 Å². The molecule has 76 valence electrons. The number of hydrogen-bond donors (Lipinski definition) is 1. The fraction of sp³-hybridized carbons (Fsp3) is 0.455. The van der Waals surface area contributed by atoms with Crippen molar-refractivity contribution in [2.24, 2.45) is 5.92 Å². The molecule has 0 heterocycles. The van der Waals surface area contributed by atoms with Crippen molar-refractivity contribution in [2.45, 2.75) is 25.4 Å². The normalized spacial score (nSPS) is 30.4. The molecule has 0 saturated heterocycles. The number of benzene rings is 1. The summed E-state index contributed by atoms with van der Waals surface area (Å²) in [6.45, 7) is 2.01. The number of aliphatic hydroxyl groups is 1. The molecule has 0 radical (unpaired) electrons. The Morgan fingerprint density at radius 2 is 2.36 bits per heavy atom. The predicted octanol–water partition coefficient (Wildman–Crippen LogP) is 3.21. The molecule has 3 heteroatoms. The lowest BCUT2D eigenvalue weighted by atomic mass is 10.0. The zero-order chi connectivity index (χ0) is 10.3. The fourth-order valence-corrected chi connectivity index (χ4v) is 2.70. The fourth-order valence-electron chi connectivity index (χ4n) is 2.02. The topological polar surface area (TPSA) is 20.2 Å². The van der Waals surface area contributed by atoms with E-state index in [0.29, 0.717) is 16.5 Å². The van der Waals surface area contributed by atoms with Crippen molar-refractivity contribution in [3.8, 4) is 0 Å². The second kappa shape index (κ2) is 3.31. The van der Waals surface area contributed by atoms with E-state index in [0.717, 1.165) is 6.42 Å². The van der Waals surface area contributed by atoms with Gasteiger partial charge in [-0.05, 0) is 24.5 Å². The molecule has 1 N–H and O–H groups in total. The highest BCUT2D eigenvalue weighted by atomic mass is 79.9. The van der Waals surface area contributed by atoms with Crippen LogP contribution >= 0.6 is 15.9 Å². The first-order valence-electron chi connectivity index (χ1n) is 4.76. The third kappa shape index (κ3) is 1.39. The molecule has 1 aromatic carbocycles. The van der Waals surface area contributed by atoms with Crippen LogP contribution in [0.15, 0.2) is 22.7 Å². The van der Waals surface area contributed by atoms with Gasteiger partial charge in [0.25, 0.3) is 0 Å². The minimum atomic E-state index is -0.932. The van der Waals surface area contributed by atoms with Crippen LogP contribution in [0.3, 0.4) is 0 Å². The molecule has 0 bridgehead atoms. The maximum absolute atomic E-state index is 13.5. The van der Waals surface area contributed by atoms with E-state index in [9.17, 15) is 9.50 Å². The van der Waals surface area contributed by atoms with E-state index >= 15 is 0 Å². The molecule has 2 atom stereocenters. The summed E-state index contributed by atoms with van der Waals surface area (Å²) < 4.78 is 14.2. The molecule has 1 aliphatic rings. The van der Waals surface area contributed by atoms with E-state index in [-0.39, 0.29) is 11.7 Å². The van der Waals surface area contributed by atoms with Crippen LogP contribution in [0.4, 0.5) is 4.39 Å². The molecule has 1 aliphatic carbocycles. The Morgan fingerprint density at radius 3 is 2.86 bits per heavy atom. The van der Waals surface area contributed by atoms with E-state index in [1.165, 1.54) is 6.07 Å². The minimum Gasteiger partial charge on any atom is -0.385 e. The smallest absolute Gasteiger partial charge is 0.130 e. The van der Waals surface area contributed by atoms with Crippen molar-refractivity contribution >= 4 is 15.9 Å². The van der Waals surface area contributed by atoms with Crippen LogP contribution in [-0.4, -0.2) is 5.11 Å². The van der Waals surface area contributed by atoms with Crippen molar-refractivity contribution < 1.29 is 9.50 Å². The summed E-state index contributed by atoms with van der Waals surface area (Å²) in [6, 6.07) is 4.79. The first-order chi connectivity index (χ1) is 6.59. The van der Waals surface area contributed by atoms with E-state index in [2.05, 4.69) is 15.9 Å². The Labute approximate surface area is 91.1 Å². The average Bonchev–Trinajstić information content (AvgIpc) is 2.77. The van der Waals surface area contributed by atoms with Gasteiger partial charge >= 0.3 is 0 Å². The van der Waals surface area contributed by atoms with Crippen molar-refractivity contribution in [3.63, 3.8) is 0 Å². The molecule has 0 aromatic heterocycles. The number of halogens is 2. The van der Waals surface area contributed by atoms with Crippen LogP contribution < -0.4 is 0 Å². The second-order valence-electron chi connectivity index (χ2n) is 3.83. The third-order valence-corrected chi connectivity index (χ3v) is 3.62. The molecule has 1 fully saturated rings. The predicted molar refractivity (Wildman–Crippen MR) is 56.4 cm³/mol. The van der Waals surface area contributed by atoms with Gasteiger partial charge in [0.1, 0.15) is 5.82 Å². The van der Waals surface area contributed by atoms with E-state index in [1.54, 1.807) is 12.1 Å². The molecule has 0 aliphatic heterocycles. The second-order valence-corrected chi connectivity index (χ2v) is 4.68. The van der Waals surface area contributed by atoms with Gasteiger partial charge in [-0.1, -0.05) is 35.3 Å². The molecule has 0 amide bonds. The summed E-state index contributed by atoms with van der Waals surface area (Å²) >= 11 is 3.28. The molecule has 14 heavy (non-hydrogen) atoms. The highest BCUT2D eigenvalue weighted by Crippen LogP contribution is 2.55. The zero-order valence-electron chi connectivity index (χ0n) is 7.93. The van der Waals surface area contributed by atoms with Crippen LogP contribution in [-0.2, 0) is 5.60 Å². The van der Waals surface area contributed by atoms with Gasteiger partial charge in [-0.25, -0.2) is 4.39 Å². The van der Waals surface area contributed by atoms with Gasteiger partial charge in [0, 0.05) is 10.0 Å². The lowest BCUT2D eigenvalue weighted by Crippen LogP contribution is -2.11. The average molecular weight is 259 g/mol. The van der Waals surface area contributed by atoms with Gasteiger partial charge in [0.05, 0.1) is 5.60 Å². The quantitative estimate of drug-likeness (QED) is 0.864. The molecule has 1 aromatic rings. The number of hydrogen-bond acceptors (Lipinski definition) is 1. The molecule has 1 nitrogen and oxygen atoms in total. The molecular formula is C11H12BrFO. The Bertz CT molecular complexity index is 346. The molecule has 2 rings (SSSR count). The summed E-state index contributed by atoms with van der Waals surface area (Å²) in [6.07, 6.45) is 1.56. The summed E-state index contributed by atoms with van der Waals surface area (Å²) in [5.41, 5.74) is -0.509. The maximum Gasteiger partial charge on any atom is 0.130 e. The van der Waals surface area contributed by atoms with Gasteiger partial charge in [-0.2, -0.15) is 0 Å². The SMILES string of the molecule is CCC1CC1(O)c1c(F)cccc1Br. The van der Waals surface area contributed by atoms with E-state index in [4.69, 9.17) is 0 Å². The molecule has 2 unspecified atom stereocenters. The lowest BCUT2D eigenvalue weighted by molar-refractivity contribution is 0.125. The van der Waals surface area contributed by atoms with Crippen molar-refractivity contribution in [2.75, 3.05) is 0 Å². The van der Waals surface area contributed by atoms with E-state index < -0.39 is 5.60 Å². The highest BCUT2D eigenvalue weighted by Gasteiger charge is 2.55. The standard InChI is InChI=1S/C11H12BrFO/c1-2-7-6-11(7,14)10-8(12)4-3-5-9(10)13/h3-5,7,14H,2,6H2,1H3. The summed E-state index contributed by atoms with van der Waals surface area (Å²) in [5.74, 6) is -0.117. The maximum atomic E-state index is 13.5. The van der Waals surface area contributed by atoms with Gasteiger partial charge < -0.3 is 5.11 Å². The Balaban J connectivity index is 2.43. The van der Waals surface area contributed by atoms with Crippen LogP contribution in [0.5, 0.6) is 0 Å². The van der Waals surface area contributed by atoms with Gasteiger partial charge in [-0.15, -0.1) is 0 Å². The summed E-state index contributed by atoms with van der Waals surface area (Å²) in [7, 11) is 0. The van der Waals surface area contributed by atoms with E-state index in [1.807, 2.05) is 6.92 Å². The summed E-state index contributed by atoms with van der Waals surface area (Å²) in [5, 5.41) is 10.2. The minimum absolute atomic E-state index is 0.204. The van der Waals surface area contributed by atoms with Gasteiger partial charge in [-0.3, -0.25) is 0 Å². The first-order valence-corrected chi connectivity index (χ1v) is 5.55. The lowest BCUT2D eigenvalue weighted by Gasteiger charge is -2.13. The zero-order valence-corrected chi connectivity index (χ0v) is 9.51. The van der Waals surface area contributed by atoms with Crippen molar-refractivity contribution in [1.29, 1.82) is 0 Å². The third-order valence-electron chi connectivity index (χ3n) is 2.96. The van der Waals surface area contributed by atoms with Gasteiger partial charge in [0.15, 0.2) is 0 Å². The Morgan fingerprint density at radius 1 is 1.64 bits per heavy atom. The van der Waals surface area contributed by atoms with Crippen LogP contribution in [0.2, 0.25) is 0 Å². The molecule has 1 saturated carbocycles. The monoisotopic (exact) mass is 258 g/mol. The first kappa shape index (κ1) is 10.1. The summed E-state index contributed by atoms with van der Waals surface area (Å²) in [4.78, 5) is 0. The number of rotatable bonds is 2. The van der Waals surface area contributed by atoms with Crippen LogP contribution in [0.1, 0.15) is 25.3 Å². The Hall–Kier alpha value is -0.410. The molecule has 0 spiro atoms. The van der Waals surface area contributed by atoms with Crippen LogP contribution in [0, 0.1) is 11.7 Å². The van der Waals surface area contributed by atoms with Crippen LogP contribution in [0.25, 0.3) is 0 Å².